The smallest absolute Gasteiger partial charge is 0.123 e. The van der Waals surface area contributed by atoms with Crippen LogP contribution in [-0.4, -0.2) is 5.11 Å². The summed E-state index contributed by atoms with van der Waals surface area (Å²) in [5, 5.41) is 11.7. The molecule has 0 saturated carbocycles. The number of phenols is 1. The number of unbranched alkanes of at least 4 members (excludes halogenated alkanes) is 10. The number of hydrogen-bond acceptors (Lipinski definition) is 1. The van der Waals surface area contributed by atoms with Gasteiger partial charge in [0, 0.05) is 11.1 Å². The molecule has 1 rings (SSSR count). The van der Waals surface area contributed by atoms with E-state index in [0.717, 1.165) is 12.8 Å². The maximum absolute atomic E-state index is 11.7. The first-order chi connectivity index (χ1) is 15.0. The molecular formula is C31H56O. The summed E-state index contributed by atoms with van der Waals surface area (Å²) in [5.74, 6) is 0.595. The highest BCUT2D eigenvalue weighted by atomic mass is 16.3. The summed E-state index contributed by atoms with van der Waals surface area (Å²) in [4.78, 5) is 0. The molecule has 0 aliphatic carbocycles. The van der Waals surface area contributed by atoms with Crippen LogP contribution in [0.2, 0.25) is 0 Å². The lowest BCUT2D eigenvalue weighted by atomic mass is 9.71. The molecule has 1 N–H and O–H groups in total. The lowest BCUT2D eigenvalue weighted by Crippen LogP contribution is -2.23. The molecular weight excluding hydrogens is 388 g/mol. The van der Waals surface area contributed by atoms with Gasteiger partial charge in [0.15, 0.2) is 0 Å². The predicted octanol–water partition coefficient (Wildman–Crippen LogP) is 10.1. The van der Waals surface area contributed by atoms with Gasteiger partial charge in [0.2, 0.25) is 0 Å². The van der Waals surface area contributed by atoms with Crippen LogP contribution in [0.1, 0.15) is 160 Å². The third kappa shape index (κ3) is 8.75. The summed E-state index contributed by atoms with van der Waals surface area (Å²) < 4.78 is 0. The fourth-order valence-electron chi connectivity index (χ4n) is 5.37. The maximum Gasteiger partial charge on any atom is 0.123 e. The van der Waals surface area contributed by atoms with Crippen molar-refractivity contribution in [1.82, 2.24) is 0 Å². The van der Waals surface area contributed by atoms with Crippen LogP contribution in [0.4, 0.5) is 0 Å². The van der Waals surface area contributed by atoms with Crippen molar-refractivity contribution in [2.75, 3.05) is 0 Å². The van der Waals surface area contributed by atoms with Crippen molar-refractivity contribution < 1.29 is 5.11 Å². The molecule has 32 heavy (non-hydrogen) atoms. The van der Waals surface area contributed by atoms with Crippen LogP contribution in [-0.2, 0) is 23.7 Å². The molecule has 1 aromatic carbocycles. The standard InChI is InChI=1S/C31H56O/c1-10-12-14-16-18-20-22-25-24(3)26(23-21-19-17-15-13-11-2)28(31(7,8)9)29(32)27(25)30(4,5)6/h32H,10-23H2,1-9H3. The minimum Gasteiger partial charge on any atom is -0.507 e. The summed E-state index contributed by atoms with van der Waals surface area (Å²) in [5.41, 5.74) is 6.68. The van der Waals surface area contributed by atoms with E-state index in [1.54, 1.807) is 0 Å². The Labute approximate surface area is 201 Å². The Morgan fingerprint density at radius 2 is 0.844 bits per heavy atom. The largest absolute Gasteiger partial charge is 0.507 e. The zero-order chi connectivity index (χ0) is 24.4. The molecule has 0 fully saturated rings. The molecule has 186 valence electrons. The molecule has 0 unspecified atom stereocenters. The molecule has 0 aliphatic rings. The second-order valence-corrected chi connectivity index (χ2v) is 12.2. The Bertz CT molecular complexity index is 614. The van der Waals surface area contributed by atoms with Crippen molar-refractivity contribution in [3.05, 3.63) is 27.8 Å². The van der Waals surface area contributed by atoms with Crippen LogP contribution in [0.3, 0.4) is 0 Å². The van der Waals surface area contributed by atoms with Gasteiger partial charge >= 0.3 is 0 Å². The van der Waals surface area contributed by atoms with Crippen molar-refractivity contribution in [2.45, 2.75) is 163 Å². The summed E-state index contributed by atoms with van der Waals surface area (Å²) in [7, 11) is 0. The Morgan fingerprint density at radius 1 is 0.531 bits per heavy atom. The van der Waals surface area contributed by atoms with E-state index in [0.29, 0.717) is 5.75 Å². The van der Waals surface area contributed by atoms with Crippen molar-refractivity contribution in [1.29, 1.82) is 0 Å². The fraction of sp³-hybridized carbons (Fsp3) is 0.806. The quantitative estimate of drug-likeness (QED) is 0.283. The lowest BCUT2D eigenvalue weighted by Gasteiger charge is -2.34. The Hall–Kier alpha value is -0.980. The van der Waals surface area contributed by atoms with Crippen molar-refractivity contribution in [2.24, 2.45) is 0 Å². The number of benzene rings is 1. The van der Waals surface area contributed by atoms with Crippen LogP contribution in [0.5, 0.6) is 5.75 Å². The van der Waals surface area contributed by atoms with Crippen LogP contribution < -0.4 is 0 Å². The summed E-state index contributed by atoms with van der Waals surface area (Å²) in [6.07, 6.45) is 18.0. The second kappa shape index (κ2) is 13.7. The van der Waals surface area contributed by atoms with Gasteiger partial charge in [-0.05, 0) is 60.1 Å². The van der Waals surface area contributed by atoms with Crippen molar-refractivity contribution >= 4 is 0 Å². The van der Waals surface area contributed by atoms with Gasteiger partial charge in [0.05, 0.1) is 0 Å². The van der Waals surface area contributed by atoms with E-state index in [1.807, 2.05) is 0 Å². The van der Waals surface area contributed by atoms with Crippen LogP contribution in [0.25, 0.3) is 0 Å². The molecule has 0 radical (unpaired) electrons. The first-order valence-electron chi connectivity index (χ1n) is 13.8. The molecule has 0 atom stereocenters. The molecule has 1 nitrogen and oxygen atoms in total. The molecule has 0 bridgehead atoms. The zero-order valence-electron chi connectivity index (χ0n) is 23.3. The van der Waals surface area contributed by atoms with E-state index in [4.69, 9.17) is 0 Å². The van der Waals surface area contributed by atoms with Gasteiger partial charge in [-0.15, -0.1) is 0 Å². The minimum atomic E-state index is -0.0505. The van der Waals surface area contributed by atoms with E-state index < -0.39 is 0 Å². The molecule has 1 aromatic rings. The summed E-state index contributed by atoms with van der Waals surface area (Å²) in [6.45, 7) is 20.5. The van der Waals surface area contributed by atoms with Gasteiger partial charge in [-0.1, -0.05) is 120 Å². The van der Waals surface area contributed by atoms with E-state index in [-0.39, 0.29) is 10.8 Å². The van der Waals surface area contributed by atoms with E-state index in [9.17, 15) is 5.11 Å². The minimum absolute atomic E-state index is 0.0505. The molecule has 0 saturated heterocycles. The number of phenolic OH excluding ortho intramolecular Hbond substituents is 1. The van der Waals surface area contributed by atoms with Gasteiger partial charge in [0.1, 0.15) is 5.75 Å². The zero-order valence-corrected chi connectivity index (χ0v) is 23.3. The monoisotopic (exact) mass is 444 g/mol. The highest BCUT2D eigenvalue weighted by molar-refractivity contribution is 5.59. The van der Waals surface area contributed by atoms with Gasteiger partial charge in [0.25, 0.3) is 0 Å². The van der Waals surface area contributed by atoms with Gasteiger partial charge < -0.3 is 5.11 Å². The summed E-state index contributed by atoms with van der Waals surface area (Å²) >= 11 is 0. The first-order valence-corrected chi connectivity index (χ1v) is 13.8. The molecule has 0 amide bonds. The molecule has 1 heteroatoms. The number of rotatable bonds is 14. The van der Waals surface area contributed by atoms with E-state index >= 15 is 0 Å². The SMILES string of the molecule is CCCCCCCCc1c(C)c(CCCCCCCC)c(C(C)(C)C)c(O)c1C(C)(C)C. The van der Waals surface area contributed by atoms with Crippen LogP contribution in [0.15, 0.2) is 0 Å². The average molecular weight is 445 g/mol. The number of hydrogen-bond donors (Lipinski definition) is 1. The first kappa shape index (κ1) is 29.1. The summed E-state index contributed by atoms with van der Waals surface area (Å²) in [6, 6.07) is 0. The Morgan fingerprint density at radius 3 is 1.16 bits per heavy atom. The van der Waals surface area contributed by atoms with Crippen molar-refractivity contribution in [3.63, 3.8) is 0 Å². The fourth-order valence-corrected chi connectivity index (χ4v) is 5.37. The molecule has 0 spiro atoms. The number of aromatic hydroxyl groups is 1. The third-order valence-corrected chi connectivity index (χ3v) is 7.04. The maximum atomic E-state index is 11.7. The van der Waals surface area contributed by atoms with Gasteiger partial charge in [-0.25, -0.2) is 0 Å². The lowest BCUT2D eigenvalue weighted by molar-refractivity contribution is 0.417. The topological polar surface area (TPSA) is 20.2 Å². The molecule has 0 heterocycles. The van der Waals surface area contributed by atoms with Gasteiger partial charge in [-0.3, -0.25) is 0 Å². The van der Waals surface area contributed by atoms with Crippen molar-refractivity contribution in [3.8, 4) is 5.75 Å². The van der Waals surface area contributed by atoms with Crippen LogP contribution >= 0.6 is 0 Å². The molecule has 0 aromatic heterocycles. The Kier molecular flexibility index (Phi) is 12.4. The Balaban J connectivity index is 3.26. The highest BCUT2D eigenvalue weighted by Gasteiger charge is 2.32. The third-order valence-electron chi connectivity index (χ3n) is 7.04. The van der Waals surface area contributed by atoms with Gasteiger partial charge in [-0.2, -0.15) is 0 Å². The second-order valence-electron chi connectivity index (χ2n) is 12.2. The average Bonchev–Trinajstić information content (AvgIpc) is 2.67. The molecule has 0 aliphatic heterocycles. The van der Waals surface area contributed by atoms with E-state index in [1.165, 1.54) is 105 Å². The van der Waals surface area contributed by atoms with E-state index in [2.05, 4.69) is 62.3 Å². The van der Waals surface area contributed by atoms with Crippen LogP contribution in [0, 0.1) is 6.92 Å². The normalized spacial score (nSPS) is 12.5. The highest BCUT2D eigenvalue weighted by Crippen LogP contribution is 2.46. The predicted molar refractivity (Wildman–Crippen MR) is 144 cm³/mol.